The van der Waals surface area contributed by atoms with Crippen LogP contribution in [-0.4, -0.2) is 47.5 Å². The first kappa shape index (κ1) is 21.4. The molecule has 3 rings (SSSR count). The van der Waals surface area contributed by atoms with E-state index in [4.69, 9.17) is 18.7 Å². The Labute approximate surface area is 174 Å². The van der Waals surface area contributed by atoms with Gasteiger partial charge in [-0.25, -0.2) is 9.78 Å². The van der Waals surface area contributed by atoms with Gasteiger partial charge < -0.3 is 24.1 Å². The van der Waals surface area contributed by atoms with E-state index in [1.165, 1.54) is 0 Å². The molecule has 30 heavy (non-hydrogen) atoms. The minimum Gasteiger partial charge on any atom is -0.490 e. The maximum Gasteiger partial charge on any atom is 0.376 e. The third kappa shape index (κ3) is 4.79. The first-order valence-electron chi connectivity index (χ1n) is 10.0. The average Bonchev–Trinajstić information content (AvgIpc) is 3.11. The van der Waals surface area contributed by atoms with Crippen molar-refractivity contribution in [1.29, 1.82) is 0 Å². The number of carbonyl (C=O) groups is 1. The van der Waals surface area contributed by atoms with Crippen LogP contribution in [0.15, 0.2) is 22.7 Å². The van der Waals surface area contributed by atoms with Crippen molar-refractivity contribution in [2.75, 3.05) is 31.7 Å². The number of aryl methyl sites for hydroxylation is 1. The Balaban J connectivity index is 1.77. The summed E-state index contributed by atoms with van der Waals surface area (Å²) in [5, 5.41) is 7.83. The molecule has 1 N–H and O–H groups in total. The number of fused-ring (bicyclic) bond motifs is 1. The number of carbonyl (C=O) groups excluding carboxylic acids is 1. The van der Waals surface area contributed by atoms with Gasteiger partial charge in [-0.1, -0.05) is 11.2 Å². The monoisotopic (exact) mass is 414 g/mol. The van der Waals surface area contributed by atoms with E-state index in [1.54, 1.807) is 13.8 Å². The van der Waals surface area contributed by atoms with Crippen LogP contribution in [0, 0.1) is 6.92 Å². The Morgan fingerprint density at radius 2 is 1.83 bits per heavy atom. The molecule has 0 saturated carbocycles. The standard InChI is InChI=1S/C21H26N4O5/c1-5-27-15-9-8-14(12-16(15)28-6-2)10-11-22-18-17-13(4)25-30-20(17)24-19(23-18)21(26)29-7-3/h8-9,12H,5-7,10-11H2,1-4H3,(H,22,23,24). The van der Waals surface area contributed by atoms with Crippen LogP contribution in [-0.2, 0) is 11.2 Å². The zero-order chi connectivity index (χ0) is 21.5. The summed E-state index contributed by atoms with van der Waals surface area (Å²) in [5.74, 6) is 1.26. The fourth-order valence-corrected chi connectivity index (χ4v) is 2.98. The van der Waals surface area contributed by atoms with E-state index in [0.717, 1.165) is 17.1 Å². The SMILES string of the molecule is CCOC(=O)c1nc(NCCc2ccc(OCC)c(OCC)c2)c2c(C)noc2n1. The summed E-state index contributed by atoms with van der Waals surface area (Å²) in [4.78, 5) is 20.5. The second-order valence-corrected chi connectivity index (χ2v) is 6.39. The molecule has 0 fully saturated rings. The zero-order valence-corrected chi connectivity index (χ0v) is 17.7. The minimum absolute atomic E-state index is 0.0669. The lowest BCUT2D eigenvalue weighted by Crippen LogP contribution is -2.13. The Kier molecular flexibility index (Phi) is 7.05. The van der Waals surface area contributed by atoms with Crippen LogP contribution >= 0.6 is 0 Å². The molecule has 0 saturated heterocycles. The summed E-state index contributed by atoms with van der Waals surface area (Å²) >= 11 is 0. The predicted octanol–water partition coefficient (Wildman–Crippen LogP) is 3.55. The summed E-state index contributed by atoms with van der Waals surface area (Å²) in [6.07, 6.45) is 0.705. The number of aromatic nitrogens is 3. The maximum atomic E-state index is 12.1. The van der Waals surface area contributed by atoms with Gasteiger partial charge in [-0.3, -0.25) is 0 Å². The molecule has 2 heterocycles. The lowest BCUT2D eigenvalue weighted by atomic mass is 10.1. The Morgan fingerprint density at radius 1 is 1.07 bits per heavy atom. The van der Waals surface area contributed by atoms with E-state index < -0.39 is 5.97 Å². The van der Waals surface area contributed by atoms with Crippen molar-refractivity contribution in [3.63, 3.8) is 0 Å². The lowest BCUT2D eigenvalue weighted by molar-refractivity contribution is 0.0512. The van der Waals surface area contributed by atoms with E-state index in [2.05, 4.69) is 20.4 Å². The van der Waals surface area contributed by atoms with Crippen LogP contribution in [0.25, 0.3) is 11.1 Å². The molecule has 0 aliphatic carbocycles. The van der Waals surface area contributed by atoms with Crippen molar-refractivity contribution >= 4 is 22.9 Å². The van der Waals surface area contributed by atoms with E-state index in [1.807, 2.05) is 32.0 Å². The normalized spacial score (nSPS) is 10.8. The van der Waals surface area contributed by atoms with Gasteiger partial charge >= 0.3 is 5.97 Å². The van der Waals surface area contributed by atoms with Gasteiger partial charge in [0.05, 0.1) is 25.5 Å². The molecule has 0 atom stereocenters. The molecule has 0 amide bonds. The Hall–Kier alpha value is -3.36. The van der Waals surface area contributed by atoms with Crippen molar-refractivity contribution in [2.45, 2.75) is 34.1 Å². The van der Waals surface area contributed by atoms with E-state index in [-0.39, 0.29) is 18.1 Å². The Morgan fingerprint density at radius 3 is 2.57 bits per heavy atom. The molecular weight excluding hydrogens is 388 g/mol. The molecule has 0 unspecified atom stereocenters. The molecule has 9 heteroatoms. The van der Waals surface area contributed by atoms with Gasteiger partial charge in [-0.15, -0.1) is 0 Å². The summed E-state index contributed by atoms with van der Waals surface area (Å²) in [6.45, 7) is 9.33. The topological polar surface area (TPSA) is 109 Å². The van der Waals surface area contributed by atoms with Gasteiger partial charge in [0.15, 0.2) is 11.5 Å². The molecule has 0 radical (unpaired) electrons. The number of esters is 1. The van der Waals surface area contributed by atoms with Crippen LogP contribution in [0.5, 0.6) is 11.5 Å². The fourth-order valence-electron chi connectivity index (χ4n) is 2.98. The van der Waals surface area contributed by atoms with Crippen LogP contribution in [0.1, 0.15) is 42.6 Å². The molecular formula is C21H26N4O5. The van der Waals surface area contributed by atoms with Crippen molar-refractivity contribution in [1.82, 2.24) is 15.1 Å². The zero-order valence-electron chi connectivity index (χ0n) is 17.7. The van der Waals surface area contributed by atoms with Gasteiger partial charge in [-0.2, -0.15) is 4.98 Å². The summed E-state index contributed by atoms with van der Waals surface area (Å²) in [5.41, 5.74) is 1.96. The van der Waals surface area contributed by atoms with Crippen LogP contribution < -0.4 is 14.8 Å². The van der Waals surface area contributed by atoms with E-state index in [9.17, 15) is 4.79 Å². The molecule has 160 valence electrons. The maximum absolute atomic E-state index is 12.1. The number of nitrogens with zero attached hydrogens (tertiary/aromatic N) is 3. The minimum atomic E-state index is -0.607. The molecule has 3 aromatic rings. The molecule has 0 bridgehead atoms. The summed E-state index contributed by atoms with van der Waals surface area (Å²) in [6, 6.07) is 5.88. The fraction of sp³-hybridized carbons (Fsp3) is 0.429. The molecule has 2 aromatic heterocycles. The quantitative estimate of drug-likeness (QED) is 0.498. The third-order valence-electron chi connectivity index (χ3n) is 4.28. The van der Waals surface area contributed by atoms with Gasteiger partial charge in [0, 0.05) is 6.54 Å². The third-order valence-corrected chi connectivity index (χ3v) is 4.28. The van der Waals surface area contributed by atoms with Gasteiger partial charge in [-0.05, 0) is 51.8 Å². The largest absolute Gasteiger partial charge is 0.490 e. The lowest BCUT2D eigenvalue weighted by Gasteiger charge is -2.13. The first-order valence-corrected chi connectivity index (χ1v) is 10.0. The molecule has 0 aliphatic rings. The number of hydrogen-bond donors (Lipinski definition) is 1. The highest BCUT2D eigenvalue weighted by atomic mass is 16.5. The highest BCUT2D eigenvalue weighted by Gasteiger charge is 2.19. The van der Waals surface area contributed by atoms with Crippen molar-refractivity contribution < 1.29 is 23.5 Å². The van der Waals surface area contributed by atoms with Crippen LogP contribution in [0.4, 0.5) is 5.82 Å². The van der Waals surface area contributed by atoms with E-state index in [0.29, 0.717) is 43.1 Å². The smallest absolute Gasteiger partial charge is 0.376 e. The molecule has 0 spiro atoms. The number of benzene rings is 1. The average molecular weight is 414 g/mol. The van der Waals surface area contributed by atoms with Crippen molar-refractivity contribution in [3.05, 3.63) is 35.3 Å². The number of hydrogen-bond acceptors (Lipinski definition) is 9. The summed E-state index contributed by atoms with van der Waals surface area (Å²) < 4.78 is 21.5. The van der Waals surface area contributed by atoms with E-state index >= 15 is 0 Å². The molecule has 0 aliphatic heterocycles. The molecule has 1 aromatic carbocycles. The highest BCUT2D eigenvalue weighted by Crippen LogP contribution is 2.29. The number of nitrogens with one attached hydrogen (secondary N) is 1. The second-order valence-electron chi connectivity index (χ2n) is 6.39. The number of ether oxygens (including phenoxy) is 3. The van der Waals surface area contributed by atoms with Gasteiger partial charge in [0.2, 0.25) is 5.82 Å². The van der Waals surface area contributed by atoms with Crippen LogP contribution in [0.3, 0.4) is 0 Å². The number of anilines is 1. The number of rotatable bonds is 10. The second kappa shape index (κ2) is 9.91. The summed E-state index contributed by atoms with van der Waals surface area (Å²) in [7, 11) is 0. The van der Waals surface area contributed by atoms with Crippen LogP contribution in [0.2, 0.25) is 0 Å². The van der Waals surface area contributed by atoms with Crippen molar-refractivity contribution in [3.8, 4) is 11.5 Å². The van der Waals surface area contributed by atoms with Gasteiger partial charge in [0.25, 0.3) is 5.71 Å². The molecule has 9 nitrogen and oxygen atoms in total. The first-order chi connectivity index (χ1) is 14.6. The van der Waals surface area contributed by atoms with Crippen molar-refractivity contribution in [2.24, 2.45) is 0 Å². The van der Waals surface area contributed by atoms with Gasteiger partial charge in [0.1, 0.15) is 11.2 Å². The highest BCUT2D eigenvalue weighted by molar-refractivity contribution is 5.93. The Bertz CT molecular complexity index is 1020. The predicted molar refractivity (Wildman–Crippen MR) is 111 cm³/mol.